The number of para-hydroxylation sites is 1. The third-order valence-electron chi connectivity index (χ3n) is 3.12. The Hall–Kier alpha value is -0.670. The van der Waals surface area contributed by atoms with E-state index in [0.29, 0.717) is 6.04 Å². The molecule has 0 aromatic heterocycles. The predicted octanol–water partition coefficient (Wildman–Crippen LogP) is 3.29. The minimum absolute atomic E-state index is 0.487. The molecule has 0 bridgehead atoms. The molecule has 0 atom stereocenters. The average Bonchev–Trinajstić information content (AvgIpc) is 2.67. The molecule has 0 unspecified atom stereocenters. The molecule has 2 N–H and O–H groups in total. The van der Waals surface area contributed by atoms with Gasteiger partial charge in [-0.1, -0.05) is 18.2 Å². The maximum absolute atomic E-state index is 6.65. The topological polar surface area (TPSA) is 29.3 Å². The van der Waals surface area contributed by atoms with E-state index in [9.17, 15) is 0 Å². The maximum atomic E-state index is 6.65. The van der Waals surface area contributed by atoms with Crippen molar-refractivity contribution in [3.63, 3.8) is 0 Å². The van der Waals surface area contributed by atoms with Crippen LogP contribution in [0.5, 0.6) is 0 Å². The van der Waals surface area contributed by atoms with E-state index in [1.165, 1.54) is 30.0 Å². The summed E-state index contributed by atoms with van der Waals surface area (Å²) in [5, 5.41) is 6.65. The molecule has 90 valence electrons. The van der Waals surface area contributed by atoms with E-state index < -0.39 is 10.4 Å². The summed E-state index contributed by atoms with van der Waals surface area (Å²) in [5.74, 6) is 2.39. The molecule has 1 fully saturated rings. The van der Waals surface area contributed by atoms with Crippen molar-refractivity contribution in [2.24, 2.45) is 5.14 Å². The average molecular weight is 238 g/mol. The second kappa shape index (κ2) is 4.68. The summed E-state index contributed by atoms with van der Waals surface area (Å²) in [6, 6.07) is 11.1. The summed E-state index contributed by atoms with van der Waals surface area (Å²) < 4.78 is 2.47. The molecule has 1 aromatic rings. The quantitative estimate of drug-likeness (QED) is 0.875. The van der Waals surface area contributed by atoms with Gasteiger partial charge in [0, 0.05) is 23.2 Å². The monoisotopic (exact) mass is 238 g/mol. The Morgan fingerprint density at radius 3 is 2.19 bits per heavy atom. The van der Waals surface area contributed by atoms with E-state index in [1.54, 1.807) is 0 Å². The van der Waals surface area contributed by atoms with Crippen molar-refractivity contribution in [2.45, 2.75) is 32.7 Å². The number of rotatable bonds is 3. The lowest BCUT2D eigenvalue weighted by atomic mass is 10.3. The van der Waals surface area contributed by atoms with Crippen LogP contribution in [0.25, 0.3) is 0 Å². The molecule has 0 aliphatic carbocycles. The fourth-order valence-corrected chi connectivity index (χ4v) is 5.89. The van der Waals surface area contributed by atoms with Gasteiger partial charge in [-0.3, -0.25) is 5.14 Å². The Morgan fingerprint density at radius 1 is 1.12 bits per heavy atom. The molecule has 1 aliphatic heterocycles. The Morgan fingerprint density at radius 2 is 1.69 bits per heavy atom. The first-order valence-electron chi connectivity index (χ1n) is 6.04. The molecule has 2 nitrogen and oxygen atoms in total. The second-order valence-electron chi connectivity index (χ2n) is 4.77. The summed E-state index contributed by atoms with van der Waals surface area (Å²) in [7, 11) is -1.06. The highest BCUT2D eigenvalue weighted by molar-refractivity contribution is 8.33. The van der Waals surface area contributed by atoms with Gasteiger partial charge in [0.1, 0.15) is 0 Å². The van der Waals surface area contributed by atoms with Gasteiger partial charge in [-0.15, -0.1) is 10.4 Å². The van der Waals surface area contributed by atoms with Gasteiger partial charge in [-0.05, 0) is 38.8 Å². The van der Waals surface area contributed by atoms with E-state index in [-0.39, 0.29) is 0 Å². The van der Waals surface area contributed by atoms with Crippen molar-refractivity contribution in [2.75, 3.05) is 15.8 Å². The van der Waals surface area contributed by atoms with Crippen molar-refractivity contribution in [1.82, 2.24) is 0 Å². The molecular weight excluding hydrogens is 216 g/mol. The summed E-state index contributed by atoms with van der Waals surface area (Å²) in [5.41, 5.74) is 1.29. The van der Waals surface area contributed by atoms with Crippen molar-refractivity contribution in [3.05, 3.63) is 30.3 Å². The van der Waals surface area contributed by atoms with E-state index in [0.717, 1.165) is 0 Å². The minimum Gasteiger partial charge on any atom is -0.320 e. The van der Waals surface area contributed by atoms with Crippen LogP contribution in [0.2, 0.25) is 0 Å². The van der Waals surface area contributed by atoms with Crippen LogP contribution in [0.1, 0.15) is 26.7 Å². The number of benzene rings is 1. The highest BCUT2D eigenvalue weighted by Crippen LogP contribution is 2.53. The van der Waals surface area contributed by atoms with Gasteiger partial charge in [-0.2, -0.15) is 0 Å². The van der Waals surface area contributed by atoms with Crippen LogP contribution in [0.15, 0.2) is 30.3 Å². The van der Waals surface area contributed by atoms with Crippen LogP contribution in [-0.4, -0.2) is 17.5 Å². The Balaban J connectivity index is 2.31. The maximum Gasteiger partial charge on any atom is 0.0468 e. The second-order valence-corrected chi connectivity index (χ2v) is 7.78. The van der Waals surface area contributed by atoms with Gasteiger partial charge in [0.2, 0.25) is 0 Å². The molecule has 0 spiro atoms. The van der Waals surface area contributed by atoms with Crippen LogP contribution in [0.3, 0.4) is 0 Å². The number of nitrogens with two attached hydrogens (primary N) is 1. The van der Waals surface area contributed by atoms with Crippen LogP contribution >= 0.6 is 10.4 Å². The van der Waals surface area contributed by atoms with Gasteiger partial charge < -0.3 is 4.31 Å². The summed E-state index contributed by atoms with van der Waals surface area (Å²) >= 11 is 0. The van der Waals surface area contributed by atoms with Crippen LogP contribution in [0, 0.1) is 0 Å². The van der Waals surface area contributed by atoms with Crippen molar-refractivity contribution < 1.29 is 0 Å². The molecule has 0 radical (unpaired) electrons. The lowest BCUT2D eigenvalue weighted by Gasteiger charge is -2.47. The van der Waals surface area contributed by atoms with E-state index in [1.807, 2.05) is 0 Å². The lowest BCUT2D eigenvalue weighted by Crippen LogP contribution is -2.39. The zero-order chi connectivity index (χ0) is 11.6. The standard InChI is InChI=1S/C13H22N2S/c1-12(2)15(13-8-4-3-5-9-13)16(14)10-6-7-11-16/h3-5,8-9,12H,6-7,10-11,14H2,1-2H3. The fourth-order valence-electron chi connectivity index (χ4n) is 2.51. The number of nitrogens with zero attached hydrogens (tertiary/aromatic N) is 1. The molecule has 0 saturated carbocycles. The van der Waals surface area contributed by atoms with E-state index in [4.69, 9.17) is 5.14 Å². The van der Waals surface area contributed by atoms with Crippen molar-refractivity contribution >= 4 is 16.1 Å². The highest BCUT2D eigenvalue weighted by atomic mass is 32.3. The van der Waals surface area contributed by atoms with Gasteiger partial charge in [0.05, 0.1) is 0 Å². The first-order valence-corrected chi connectivity index (χ1v) is 8.03. The molecule has 16 heavy (non-hydrogen) atoms. The molecule has 1 saturated heterocycles. The molecule has 1 heterocycles. The third kappa shape index (κ3) is 2.20. The Kier molecular flexibility index (Phi) is 3.45. The molecule has 1 aliphatic rings. The zero-order valence-corrected chi connectivity index (χ0v) is 11.0. The molecule has 2 rings (SSSR count). The summed E-state index contributed by atoms with van der Waals surface area (Å²) in [6.07, 6.45) is 2.59. The number of hydrogen-bond acceptors (Lipinski definition) is 2. The summed E-state index contributed by atoms with van der Waals surface area (Å²) in [4.78, 5) is 0. The Bertz CT molecular complexity index is 331. The first kappa shape index (κ1) is 11.8. The van der Waals surface area contributed by atoms with Gasteiger partial charge in [0.25, 0.3) is 0 Å². The molecular formula is C13H22N2S. The van der Waals surface area contributed by atoms with Crippen LogP contribution < -0.4 is 9.44 Å². The van der Waals surface area contributed by atoms with E-state index in [2.05, 4.69) is 48.5 Å². The van der Waals surface area contributed by atoms with Crippen LogP contribution in [0.4, 0.5) is 5.69 Å². The smallest absolute Gasteiger partial charge is 0.0468 e. The van der Waals surface area contributed by atoms with Crippen LogP contribution in [-0.2, 0) is 0 Å². The van der Waals surface area contributed by atoms with Gasteiger partial charge >= 0.3 is 0 Å². The highest BCUT2D eigenvalue weighted by Gasteiger charge is 2.32. The molecule has 0 amide bonds. The third-order valence-corrected chi connectivity index (χ3v) is 6.52. The van der Waals surface area contributed by atoms with Gasteiger partial charge in [-0.25, -0.2) is 0 Å². The normalized spacial score (nSPS) is 21.0. The number of anilines is 1. The largest absolute Gasteiger partial charge is 0.320 e. The van der Waals surface area contributed by atoms with Crippen molar-refractivity contribution in [1.29, 1.82) is 0 Å². The molecule has 1 aromatic carbocycles. The zero-order valence-electron chi connectivity index (χ0n) is 10.2. The minimum atomic E-state index is -1.06. The van der Waals surface area contributed by atoms with E-state index >= 15 is 0 Å². The van der Waals surface area contributed by atoms with Crippen molar-refractivity contribution in [3.8, 4) is 0 Å². The predicted molar refractivity (Wildman–Crippen MR) is 74.8 cm³/mol. The first-order chi connectivity index (χ1) is 7.63. The van der Waals surface area contributed by atoms with Gasteiger partial charge in [0.15, 0.2) is 0 Å². The Labute approximate surface area is 100 Å². The molecule has 3 heteroatoms. The number of hydrogen-bond donors (Lipinski definition) is 1. The summed E-state index contributed by atoms with van der Waals surface area (Å²) in [6.45, 7) is 4.49. The fraction of sp³-hybridized carbons (Fsp3) is 0.538. The lowest BCUT2D eigenvalue weighted by molar-refractivity contribution is 0.827. The SMILES string of the molecule is CC(C)N(c1ccccc1)S1(N)CCCC1.